The molecule has 0 amide bonds. The largest absolute Gasteiger partial charge is 0.456 e. The van der Waals surface area contributed by atoms with E-state index < -0.39 is 5.41 Å². The molecule has 0 unspecified atom stereocenters. The Morgan fingerprint density at radius 1 is 0.420 bits per heavy atom. The summed E-state index contributed by atoms with van der Waals surface area (Å²) in [5.41, 5.74) is 14.0. The molecule has 0 atom stereocenters. The highest BCUT2D eigenvalue weighted by atomic mass is 32.2. The molecule has 0 radical (unpaired) electrons. The van der Waals surface area contributed by atoms with Crippen molar-refractivity contribution in [3.05, 3.63) is 192 Å². The minimum Gasteiger partial charge on any atom is -0.456 e. The maximum Gasteiger partial charge on any atom is 0.136 e. The third kappa shape index (κ3) is 3.76. The van der Waals surface area contributed by atoms with Crippen molar-refractivity contribution in [1.82, 2.24) is 0 Å². The van der Waals surface area contributed by atoms with E-state index in [4.69, 9.17) is 4.42 Å². The first-order valence-corrected chi connectivity index (χ1v) is 17.9. The second kappa shape index (κ2) is 10.5. The second-order valence-electron chi connectivity index (χ2n) is 13.3. The maximum atomic E-state index is 6.27. The van der Waals surface area contributed by atoms with Crippen molar-refractivity contribution in [2.45, 2.75) is 15.2 Å². The Morgan fingerprint density at radius 3 is 1.86 bits per heavy atom. The van der Waals surface area contributed by atoms with Crippen LogP contribution in [0, 0.1) is 0 Å². The van der Waals surface area contributed by atoms with Crippen molar-refractivity contribution in [3.8, 4) is 22.3 Å². The molecule has 11 rings (SSSR count). The Hall–Kier alpha value is -6.03. The first-order chi connectivity index (χ1) is 24.8. The van der Waals surface area contributed by atoms with Gasteiger partial charge < -0.3 is 9.73 Å². The highest BCUT2D eigenvalue weighted by molar-refractivity contribution is 7.99. The van der Waals surface area contributed by atoms with Crippen LogP contribution in [0.1, 0.15) is 22.3 Å². The van der Waals surface area contributed by atoms with Crippen LogP contribution in [0.15, 0.2) is 184 Å². The molecule has 0 fully saturated rings. The Kier molecular flexibility index (Phi) is 5.84. The van der Waals surface area contributed by atoms with E-state index in [0.29, 0.717) is 0 Å². The summed E-state index contributed by atoms with van der Waals surface area (Å²) in [5, 5.41) is 8.57. The summed E-state index contributed by atoms with van der Waals surface area (Å²) in [6, 6.07) is 61.8. The number of fused-ring (bicyclic) bond motifs is 13. The summed E-state index contributed by atoms with van der Waals surface area (Å²) in [7, 11) is 0. The third-order valence-corrected chi connectivity index (χ3v) is 11.9. The standard InChI is InChI=1S/C47H29NOS/c1-2-15-34-30(12-1)31(35-17-11-22-43-46(35)36-16-5-9-21-42(36)49-43)25-26-41(34)48-29-24-27-45-40(28-29)47(39-20-8-10-23-44(39)50-45)37-18-6-3-13-32(37)33-14-4-7-19-38(33)47/h1-28,48H. The molecule has 1 N–H and O–H groups in total. The van der Waals surface area contributed by atoms with Gasteiger partial charge in [0.25, 0.3) is 0 Å². The predicted molar refractivity (Wildman–Crippen MR) is 208 cm³/mol. The van der Waals surface area contributed by atoms with Gasteiger partial charge in [-0.2, -0.15) is 0 Å². The number of nitrogens with one attached hydrogen (secondary N) is 1. The molecule has 8 aromatic carbocycles. The molecule has 50 heavy (non-hydrogen) atoms. The van der Waals surface area contributed by atoms with E-state index >= 15 is 0 Å². The molecule has 1 aromatic heterocycles. The van der Waals surface area contributed by atoms with Crippen molar-refractivity contribution in [2.75, 3.05) is 5.32 Å². The van der Waals surface area contributed by atoms with Gasteiger partial charge >= 0.3 is 0 Å². The Morgan fingerprint density at radius 2 is 1.04 bits per heavy atom. The first-order valence-electron chi connectivity index (χ1n) is 17.1. The van der Waals surface area contributed by atoms with Gasteiger partial charge in [-0.25, -0.2) is 0 Å². The Balaban J connectivity index is 1.09. The van der Waals surface area contributed by atoms with Gasteiger partial charge in [-0.15, -0.1) is 0 Å². The summed E-state index contributed by atoms with van der Waals surface area (Å²) in [5.74, 6) is 0. The molecule has 2 heterocycles. The van der Waals surface area contributed by atoms with Crippen molar-refractivity contribution in [3.63, 3.8) is 0 Å². The molecule has 0 bridgehead atoms. The Labute approximate surface area is 294 Å². The average Bonchev–Trinajstić information content (AvgIpc) is 3.70. The van der Waals surface area contributed by atoms with Crippen LogP contribution in [-0.4, -0.2) is 0 Å². The summed E-state index contributed by atoms with van der Waals surface area (Å²) in [4.78, 5) is 2.61. The fourth-order valence-corrected chi connectivity index (χ4v) is 9.90. The Bertz CT molecular complexity index is 2800. The fraction of sp³-hybridized carbons (Fsp3) is 0.0213. The molecule has 0 saturated heterocycles. The van der Waals surface area contributed by atoms with Gasteiger partial charge in [0.15, 0.2) is 0 Å². The summed E-state index contributed by atoms with van der Waals surface area (Å²) in [6.07, 6.45) is 0. The lowest BCUT2D eigenvalue weighted by molar-refractivity contribution is 0.669. The minimum absolute atomic E-state index is 0.403. The zero-order valence-corrected chi connectivity index (χ0v) is 27.8. The van der Waals surface area contributed by atoms with Crippen molar-refractivity contribution in [1.29, 1.82) is 0 Å². The topological polar surface area (TPSA) is 25.2 Å². The van der Waals surface area contributed by atoms with Gasteiger partial charge in [0.1, 0.15) is 11.2 Å². The third-order valence-electron chi connectivity index (χ3n) is 10.7. The lowest BCUT2D eigenvalue weighted by Gasteiger charge is -2.40. The molecular weight excluding hydrogens is 627 g/mol. The number of para-hydroxylation sites is 1. The number of benzene rings is 8. The van der Waals surface area contributed by atoms with Crippen molar-refractivity contribution >= 4 is 55.8 Å². The van der Waals surface area contributed by atoms with E-state index in [9.17, 15) is 0 Å². The highest BCUT2D eigenvalue weighted by Crippen LogP contribution is 2.62. The molecule has 0 saturated carbocycles. The van der Waals surface area contributed by atoms with E-state index in [1.54, 1.807) is 0 Å². The number of rotatable bonds is 3. The predicted octanol–water partition coefficient (Wildman–Crippen LogP) is 13.0. The molecule has 2 aliphatic rings. The van der Waals surface area contributed by atoms with Gasteiger partial charge in [0.05, 0.1) is 5.41 Å². The van der Waals surface area contributed by atoms with E-state index in [2.05, 4.69) is 163 Å². The second-order valence-corrected chi connectivity index (χ2v) is 14.3. The van der Waals surface area contributed by atoms with Crippen LogP contribution >= 0.6 is 11.8 Å². The molecule has 2 nitrogen and oxygen atoms in total. The van der Waals surface area contributed by atoms with Crippen LogP contribution in [0.2, 0.25) is 0 Å². The van der Waals surface area contributed by atoms with E-state index in [-0.39, 0.29) is 0 Å². The van der Waals surface area contributed by atoms with Crippen molar-refractivity contribution in [2.24, 2.45) is 0 Å². The van der Waals surface area contributed by atoms with Crippen molar-refractivity contribution < 1.29 is 4.42 Å². The van der Waals surface area contributed by atoms with Gasteiger partial charge in [0.2, 0.25) is 0 Å². The normalized spacial score (nSPS) is 13.7. The van der Waals surface area contributed by atoms with Crippen LogP contribution in [0.25, 0.3) is 55.0 Å². The summed E-state index contributed by atoms with van der Waals surface area (Å²) < 4.78 is 6.27. The van der Waals surface area contributed by atoms with E-state index in [0.717, 1.165) is 33.3 Å². The monoisotopic (exact) mass is 655 g/mol. The number of furan rings is 1. The molecule has 234 valence electrons. The summed E-state index contributed by atoms with van der Waals surface area (Å²) >= 11 is 1.88. The molecule has 3 heteroatoms. The first kappa shape index (κ1) is 27.9. The van der Waals surface area contributed by atoms with Crippen LogP contribution < -0.4 is 5.32 Å². The number of hydrogen-bond donors (Lipinski definition) is 1. The smallest absolute Gasteiger partial charge is 0.136 e. The SMILES string of the molecule is c1ccc2c(c1)Sc1ccc(Nc3ccc(-c4cccc5oc6ccccc6c45)c4ccccc34)cc1C21c2ccccc2-c2ccccc21. The van der Waals surface area contributed by atoms with Gasteiger partial charge in [-0.1, -0.05) is 139 Å². The quantitative estimate of drug-likeness (QED) is 0.205. The summed E-state index contributed by atoms with van der Waals surface area (Å²) in [6.45, 7) is 0. The lowest BCUT2D eigenvalue weighted by atomic mass is 9.67. The molecular formula is C47H29NOS. The average molecular weight is 656 g/mol. The van der Waals surface area contributed by atoms with Gasteiger partial charge in [-0.05, 0) is 92.4 Å². The van der Waals surface area contributed by atoms with Crippen LogP contribution in [0.3, 0.4) is 0 Å². The highest BCUT2D eigenvalue weighted by Gasteiger charge is 2.50. The molecule has 1 aliphatic heterocycles. The zero-order chi connectivity index (χ0) is 32.8. The molecule has 1 aliphatic carbocycles. The van der Waals surface area contributed by atoms with Gasteiger partial charge in [0, 0.05) is 37.3 Å². The van der Waals surface area contributed by atoms with Crippen LogP contribution in [-0.2, 0) is 5.41 Å². The zero-order valence-electron chi connectivity index (χ0n) is 27.0. The molecule has 1 spiro atoms. The number of anilines is 2. The number of hydrogen-bond acceptors (Lipinski definition) is 3. The van der Waals surface area contributed by atoms with Gasteiger partial charge in [-0.3, -0.25) is 0 Å². The van der Waals surface area contributed by atoms with E-state index in [1.165, 1.54) is 65.1 Å². The fourth-order valence-electron chi connectivity index (χ4n) is 8.73. The van der Waals surface area contributed by atoms with Crippen LogP contribution in [0.5, 0.6) is 0 Å². The maximum absolute atomic E-state index is 6.27. The van der Waals surface area contributed by atoms with Crippen LogP contribution in [0.4, 0.5) is 11.4 Å². The minimum atomic E-state index is -0.403. The molecule has 9 aromatic rings. The van der Waals surface area contributed by atoms with E-state index in [1.807, 2.05) is 23.9 Å². The lowest BCUT2D eigenvalue weighted by Crippen LogP contribution is -2.32.